The number of benzene rings is 2. The smallest absolute Gasteiger partial charge is 0.261 e. The molecule has 0 radical (unpaired) electrons. The Balaban J connectivity index is 1.73. The predicted molar refractivity (Wildman–Crippen MR) is 115 cm³/mol. The topological polar surface area (TPSA) is 63.7 Å². The molecule has 1 atom stereocenters. The fraction of sp³-hybridized carbons (Fsp3) is 0.409. The van der Waals surface area contributed by atoms with Gasteiger partial charge in [0, 0.05) is 17.6 Å². The van der Waals surface area contributed by atoms with Gasteiger partial charge in [-0.1, -0.05) is 49.7 Å². The predicted octanol–water partition coefficient (Wildman–Crippen LogP) is 4.06. The van der Waals surface area contributed by atoms with Crippen molar-refractivity contribution in [3.63, 3.8) is 0 Å². The van der Waals surface area contributed by atoms with Crippen LogP contribution in [-0.2, 0) is 21.2 Å². The zero-order valence-electron chi connectivity index (χ0n) is 16.7. The van der Waals surface area contributed by atoms with Crippen LogP contribution in [0.25, 0.3) is 0 Å². The summed E-state index contributed by atoms with van der Waals surface area (Å²) in [5.74, 6) is 0.864. The molecule has 0 bridgehead atoms. The van der Waals surface area contributed by atoms with Gasteiger partial charge in [0.25, 0.3) is 5.91 Å². The van der Waals surface area contributed by atoms with Crippen LogP contribution in [0.15, 0.2) is 48.5 Å². The fourth-order valence-corrected chi connectivity index (χ4v) is 5.26. The monoisotopic (exact) mass is 435 g/mol. The largest absolute Gasteiger partial charge is 0.484 e. The summed E-state index contributed by atoms with van der Waals surface area (Å²) in [7, 11) is -3.11. The summed E-state index contributed by atoms with van der Waals surface area (Å²) < 4.78 is 29.5. The minimum atomic E-state index is -3.11. The Morgan fingerprint density at radius 1 is 1.14 bits per heavy atom. The van der Waals surface area contributed by atoms with Crippen LogP contribution < -0.4 is 4.74 Å². The van der Waals surface area contributed by atoms with E-state index in [1.165, 1.54) is 5.56 Å². The number of halogens is 1. The molecule has 0 saturated carbocycles. The van der Waals surface area contributed by atoms with Gasteiger partial charge in [0.1, 0.15) is 5.75 Å². The van der Waals surface area contributed by atoms with E-state index >= 15 is 0 Å². The van der Waals surface area contributed by atoms with Crippen molar-refractivity contribution in [2.45, 2.75) is 38.8 Å². The van der Waals surface area contributed by atoms with E-state index < -0.39 is 9.84 Å². The number of hydrogen-bond donors (Lipinski definition) is 0. The highest BCUT2D eigenvalue weighted by Gasteiger charge is 2.34. The summed E-state index contributed by atoms with van der Waals surface area (Å²) in [5, 5.41) is 0.589. The first kappa shape index (κ1) is 21.7. The molecule has 0 spiro atoms. The Bertz CT molecular complexity index is 940. The van der Waals surface area contributed by atoms with Crippen LogP contribution in [0.2, 0.25) is 5.02 Å². The van der Waals surface area contributed by atoms with Crippen LogP contribution in [0.1, 0.15) is 37.3 Å². The summed E-state index contributed by atoms with van der Waals surface area (Å²) in [5.41, 5.74) is 2.19. The maximum Gasteiger partial charge on any atom is 0.261 e. The third-order valence-electron chi connectivity index (χ3n) is 5.14. The second-order valence-electron chi connectivity index (χ2n) is 7.72. The molecule has 1 unspecified atom stereocenters. The van der Waals surface area contributed by atoms with E-state index in [-0.39, 0.29) is 30.1 Å². The fourth-order valence-electron chi connectivity index (χ4n) is 3.41. The molecule has 5 nitrogen and oxygen atoms in total. The third-order valence-corrected chi connectivity index (χ3v) is 7.15. The summed E-state index contributed by atoms with van der Waals surface area (Å²) in [4.78, 5) is 14.6. The summed E-state index contributed by atoms with van der Waals surface area (Å²) >= 11 is 5.87. The van der Waals surface area contributed by atoms with Gasteiger partial charge in [0.05, 0.1) is 11.5 Å². The summed E-state index contributed by atoms with van der Waals surface area (Å²) in [6.07, 6.45) is 0.457. The molecule has 0 N–H and O–H groups in total. The Morgan fingerprint density at radius 3 is 2.34 bits per heavy atom. The zero-order valence-corrected chi connectivity index (χ0v) is 18.2. The minimum Gasteiger partial charge on any atom is -0.484 e. The molecule has 1 aliphatic heterocycles. The van der Waals surface area contributed by atoms with Crippen LogP contribution in [0, 0.1) is 0 Å². The lowest BCUT2D eigenvalue weighted by molar-refractivity contribution is -0.136. The SMILES string of the molecule is CC(C)c1ccc(CN(C(=O)COc2ccc(Cl)cc2)C2CCS(=O)(=O)C2)cc1. The molecule has 1 heterocycles. The Labute approximate surface area is 177 Å². The number of carbonyl (C=O) groups excluding carboxylic acids is 1. The lowest BCUT2D eigenvalue weighted by atomic mass is 10.0. The molecule has 3 rings (SSSR count). The molecule has 2 aromatic rings. The van der Waals surface area contributed by atoms with Gasteiger partial charge < -0.3 is 9.64 Å². The minimum absolute atomic E-state index is 0.00373. The first-order valence-electron chi connectivity index (χ1n) is 9.70. The number of sulfone groups is 1. The Hall–Kier alpha value is -2.05. The molecular formula is C22H26ClNO4S. The second-order valence-corrected chi connectivity index (χ2v) is 10.4. The van der Waals surface area contributed by atoms with E-state index in [1.54, 1.807) is 29.2 Å². The molecular weight excluding hydrogens is 410 g/mol. The summed E-state index contributed by atoms with van der Waals surface area (Å²) in [6, 6.07) is 14.6. The van der Waals surface area contributed by atoms with Crippen LogP contribution in [0.5, 0.6) is 5.75 Å². The molecule has 1 saturated heterocycles. The first-order chi connectivity index (χ1) is 13.7. The molecule has 0 aliphatic carbocycles. The van der Waals surface area contributed by atoms with Crippen LogP contribution in [-0.4, -0.2) is 43.4 Å². The molecule has 7 heteroatoms. The Morgan fingerprint density at radius 2 is 1.79 bits per heavy atom. The number of hydrogen-bond acceptors (Lipinski definition) is 4. The van der Waals surface area contributed by atoms with E-state index in [2.05, 4.69) is 26.0 Å². The van der Waals surface area contributed by atoms with E-state index in [1.807, 2.05) is 12.1 Å². The number of carbonyl (C=O) groups is 1. The third kappa shape index (κ3) is 5.97. The van der Waals surface area contributed by atoms with Crippen molar-refractivity contribution in [3.8, 4) is 5.75 Å². The van der Waals surface area contributed by atoms with Crippen LogP contribution >= 0.6 is 11.6 Å². The number of nitrogens with zero attached hydrogens (tertiary/aromatic N) is 1. The van der Waals surface area contributed by atoms with Crippen molar-refractivity contribution >= 4 is 27.3 Å². The molecule has 2 aromatic carbocycles. The van der Waals surface area contributed by atoms with E-state index in [9.17, 15) is 13.2 Å². The van der Waals surface area contributed by atoms with Crippen molar-refractivity contribution in [2.75, 3.05) is 18.1 Å². The second kappa shape index (κ2) is 9.18. The quantitative estimate of drug-likeness (QED) is 0.657. The first-order valence-corrected chi connectivity index (χ1v) is 11.9. The van der Waals surface area contributed by atoms with E-state index in [0.29, 0.717) is 29.7 Å². The van der Waals surface area contributed by atoms with Crippen molar-refractivity contribution in [1.29, 1.82) is 0 Å². The van der Waals surface area contributed by atoms with Crippen LogP contribution in [0.4, 0.5) is 0 Å². The van der Waals surface area contributed by atoms with Gasteiger partial charge in [0.15, 0.2) is 16.4 Å². The molecule has 1 aliphatic rings. The normalized spacial score (nSPS) is 18.0. The number of ether oxygens (including phenoxy) is 1. The molecule has 1 fully saturated rings. The van der Waals surface area contributed by atoms with Gasteiger partial charge in [-0.15, -0.1) is 0 Å². The highest BCUT2D eigenvalue weighted by atomic mass is 35.5. The maximum absolute atomic E-state index is 12.9. The standard InChI is InChI=1S/C22H26ClNO4S/c1-16(2)18-5-3-17(4-6-18)13-24(20-11-12-29(26,27)15-20)22(25)14-28-21-9-7-19(23)8-10-21/h3-10,16,20H,11-15H2,1-2H3. The average Bonchev–Trinajstić information content (AvgIpc) is 3.05. The zero-order chi connectivity index (χ0) is 21.0. The van der Waals surface area contributed by atoms with Crippen molar-refractivity contribution in [1.82, 2.24) is 4.90 Å². The maximum atomic E-state index is 12.9. The number of rotatable bonds is 7. The molecule has 156 valence electrons. The van der Waals surface area contributed by atoms with E-state index in [4.69, 9.17) is 16.3 Å². The van der Waals surface area contributed by atoms with E-state index in [0.717, 1.165) is 5.56 Å². The lowest BCUT2D eigenvalue weighted by Gasteiger charge is -2.28. The van der Waals surface area contributed by atoms with Crippen molar-refractivity contribution in [3.05, 3.63) is 64.7 Å². The van der Waals surface area contributed by atoms with Gasteiger partial charge >= 0.3 is 0 Å². The highest BCUT2D eigenvalue weighted by Crippen LogP contribution is 2.22. The summed E-state index contributed by atoms with van der Waals surface area (Å²) in [6.45, 7) is 4.47. The van der Waals surface area contributed by atoms with Gasteiger partial charge in [0.2, 0.25) is 0 Å². The van der Waals surface area contributed by atoms with Gasteiger partial charge in [-0.25, -0.2) is 8.42 Å². The highest BCUT2D eigenvalue weighted by molar-refractivity contribution is 7.91. The van der Waals surface area contributed by atoms with Gasteiger partial charge in [-0.2, -0.15) is 0 Å². The van der Waals surface area contributed by atoms with Gasteiger partial charge in [-0.05, 0) is 47.7 Å². The number of amides is 1. The van der Waals surface area contributed by atoms with Crippen molar-refractivity contribution < 1.29 is 17.9 Å². The average molecular weight is 436 g/mol. The van der Waals surface area contributed by atoms with Gasteiger partial charge in [-0.3, -0.25) is 4.79 Å². The molecule has 0 aromatic heterocycles. The Kier molecular flexibility index (Phi) is 6.85. The molecule has 1 amide bonds. The van der Waals surface area contributed by atoms with Crippen molar-refractivity contribution in [2.24, 2.45) is 0 Å². The molecule has 29 heavy (non-hydrogen) atoms. The van der Waals surface area contributed by atoms with Crippen LogP contribution in [0.3, 0.4) is 0 Å². The lowest BCUT2D eigenvalue weighted by Crippen LogP contribution is -2.43.